The third kappa shape index (κ3) is 4.89. The Kier molecular flexibility index (Phi) is 6.17. The van der Waals surface area contributed by atoms with Gasteiger partial charge in [-0.3, -0.25) is 9.59 Å². The largest absolute Gasteiger partial charge is 0.378 e. The normalized spacial score (nSPS) is 17.8. The van der Waals surface area contributed by atoms with Gasteiger partial charge in [0.1, 0.15) is 11.4 Å². The fourth-order valence-electron chi connectivity index (χ4n) is 3.17. The smallest absolute Gasteiger partial charge is 0.272 e. The second kappa shape index (κ2) is 8.76. The van der Waals surface area contributed by atoms with Crippen molar-refractivity contribution in [2.24, 2.45) is 0 Å². The van der Waals surface area contributed by atoms with Crippen LogP contribution in [0.1, 0.15) is 53.1 Å². The molecule has 1 aliphatic carbocycles. The maximum absolute atomic E-state index is 12.5. The van der Waals surface area contributed by atoms with Gasteiger partial charge in [-0.25, -0.2) is 4.98 Å². The first kappa shape index (κ1) is 17.6. The first-order valence-corrected chi connectivity index (χ1v) is 9.04. The molecule has 6 nitrogen and oxygen atoms in total. The van der Waals surface area contributed by atoms with Gasteiger partial charge >= 0.3 is 0 Å². The summed E-state index contributed by atoms with van der Waals surface area (Å²) in [4.78, 5) is 30.7. The maximum atomic E-state index is 12.5. The molecule has 1 saturated heterocycles. The molecule has 1 aliphatic heterocycles. The number of ether oxygens (including phenoxy) is 1. The quantitative estimate of drug-likeness (QED) is 0.832. The number of hydrogen-bond donors (Lipinski definition) is 1. The molecule has 2 amide bonds. The Hall–Kier alpha value is -2.21. The highest BCUT2D eigenvalue weighted by Crippen LogP contribution is 2.19. The Morgan fingerprint density at radius 2 is 1.96 bits per heavy atom. The van der Waals surface area contributed by atoms with Crippen molar-refractivity contribution in [1.29, 1.82) is 0 Å². The van der Waals surface area contributed by atoms with E-state index in [1.807, 2.05) is 0 Å². The summed E-state index contributed by atoms with van der Waals surface area (Å²) in [5.41, 5.74) is 2.03. The van der Waals surface area contributed by atoms with Crippen LogP contribution in [0.15, 0.2) is 29.8 Å². The van der Waals surface area contributed by atoms with E-state index in [2.05, 4.69) is 16.4 Å². The lowest BCUT2D eigenvalue weighted by Gasteiger charge is -2.26. The van der Waals surface area contributed by atoms with Gasteiger partial charge in [-0.2, -0.15) is 0 Å². The Morgan fingerprint density at radius 3 is 2.72 bits per heavy atom. The lowest BCUT2D eigenvalue weighted by molar-refractivity contribution is 0.0299. The molecule has 1 aromatic rings. The molecule has 0 atom stereocenters. The van der Waals surface area contributed by atoms with E-state index in [4.69, 9.17) is 4.74 Å². The van der Waals surface area contributed by atoms with Crippen LogP contribution in [0.25, 0.3) is 0 Å². The second-order valence-electron chi connectivity index (χ2n) is 6.43. The number of hydrogen-bond acceptors (Lipinski definition) is 4. The van der Waals surface area contributed by atoms with Gasteiger partial charge in [-0.1, -0.05) is 17.7 Å². The van der Waals surface area contributed by atoms with Gasteiger partial charge in [0.2, 0.25) is 0 Å². The molecule has 2 heterocycles. The van der Waals surface area contributed by atoms with Crippen molar-refractivity contribution in [3.05, 3.63) is 41.2 Å². The summed E-state index contributed by atoms with van der Waals surface area (Å²) in [6, 6.07) is 5.01. The molecule has 25 heavy (non-hydrogen) atoms. The number of nitrogens with one attached hydrogen (secondary N) is 1. The van der Waals surface area contributed by atoms with Crippen LogP contribution in [0.3, 0.4) is 0 Å². The van der Waals surface area contributed by atoms with E-state index in [1.54, 1.807) is 23.1 Å². The number of aromatic nitrogens is 1. The molecule has 0 spiro atoms. The van der Waals surface area contributed by atoms with Crippen molar-refractivity contribution < 1.29 is 14.3 Å². The summed E-state index contributed by atoms with van der Waals surface area (Å²) in [6.07, 6.45) is 7.97. The number of pyridine rings is 1. The van der Waals surface area contributed by atoms with Crippen LogP contribution < -0.4 is 5.32 Å². The summed E-state index contributed by atoms with van der Waals surface area (Å²) in [6.45, 7) is 2.82. The first-order chi connectivity index (χ1) is 12.2. The molecule has 1 N–H and O–H groups in total. The zero-order valence-corrected chi connectivity index (χ0v) is 14.5. The van der Waals surface area contributed by atoms with Gasteiger partial charge < -0.3 is 15.0 Å². The van der Waals surface area contributed by atoms with Gasteiger partial charge in [0, 0.05) is 19.6 Å². The Morgan fingerprint density at radius 1 is 1.16 bits per heavy atom. The van der Waals surface area contributed by atoms with Crippen LogP contribution in [0.2, 0.25) is 0 Å². The van der Waals surface area contributed by atoms with Crippen LogP contribution in [0, 0.1) is 0 Å². The standard InChI is InChI=1S/C19H25N3O3/c23-18(20-10-9-15-5-2-1-3-6-15)16-7-4-8-17(21-16)19(24)22-11-13-25-14-12-22/h4-5,7-8H,1-3,6,9-14H2,(H,20,23). The van der Waals surface area contributed by atoms with Crippen molar-refractivity contribution in [2.45, 2.75) is 32.1 Å². The van der Waals surface area contributed by atoms with Crippen LogP contribution in [-0.2, 0) is 4.74 Å². The highest BCUT2D eigenvalue weighted by molar-refractivity contribution is 5.96. The number of carbonyl (C=O) groups is 2. The van der Waals surface area contributed by atoms with E-state index in [9.17, 15) is 9.59 Å². The SMILES string of the molecule is O=C(NCCC1=CCCCC1)c1cccc(C(=O)N2CCOCC2)n1. The molecule has 0 bridgehead atoms. The van der Waals surface area contributed by atoms with E-state index in [0.29, 0.717) is 38.5 Å². The fourth-order valence-corrected chi connectivity index (χ4v) is 3.17. The van der Waals surface area contributed by atoms with E-state index in [-0.39, 0.29) is 17.5 Å². The number of allylic oxidation sites excluding steroid dienone is 1. The minimum atomic E-state index is -0.229. The second-order valence-corrected chi connectivity index (χ2v) is 6.43. The molecule has 0 saturated carbocycles. The van der Waals surface area contributed by atoms with Gasteiger partial charge in [-0.05, 0) is 44.2 Å². The summed E-state index contributed by atoms with van der Waals surface area (Å²) in [7, 11) is 0. The Balaban J connectivity index is 1.55. The molecule has 0 unspecified atom stereocenters. The molecule has 1 fully saturated rings. The topological polar surface area (TPSA) is 71.5 Å². The summed E-state index contributed by atoms with van der Waals surface area (Å²) in [5.74, 6) is -0.377. The van der Waals surface area contributed by atoms with Gasteiger partial charge in [-0.15, -0.1) is 0 Å². The minimum Gasteiger partial charge on any atom is -0.378 e. The van der Waals surface area contributed by atoms with Gasteiger partial charge in [0.15, 0.2) is 0 Å². The van der Waals surface area contributed by atoms with E-state index >= 15 is 0 Å². The summed E-state index contributed by atoms with van der Waals surface area (Å²) >= 11 is 0. The monoisotopic (exact) mass is 343 g/mol. The number of amides is 2. The average Bonchev–Trinajstić information content (AvgIpc) is 2.69. The number of rotatable bonds is 5. The van der Waals surface area contributed by atoms with Crippen molar-refractivity contribution >= 4 is 11.8 Å². The highest BCUT2D eigenvalue weighted by atomic mass is 16.5. The highest BCUT2D eigenvalue weighted by Gasteiger charge is 2.20. The number of carbonyl (C=O) groups excluding carboxylic acids is 2. The summed E-state index contributed by atoms with van der Waals surface area (Å²) in [5, 5.41) is 2.90. The third-order valence-electron chi connectivity index (χ3n) is 4.62. The lowest BCUT2D eigenvalue weighted by Crippen LogP contribution is -2.41. The van der Waals surface area contributed by atoms with Crippen LogP contribution in [0.4, 0.5) is 0 Å². The molecular formula is C19H25N3O3. The molecular weight excluding hydrogens is 318 g/mol. The zero-order valence-electron chi connectivity index (χ0n) is 14.5. The maximum Gasteiger partial charge on any atom is 0.272 e. The third-order valence-corrected chi connectivity index (χ3v) is 4.62. The lowest BCUT2D eigenvalue weighted by atomic mass is 9.97. The van der Waals surface area contributed by atoms with Crippen molar-refractivity contribution in [3.63, 3.8) is 0 Å². The van der Waals surface area contributed by atoms with E-state index < -0.39 is 0 Å². The summed E-state index contributed by atoms with van der Waals surface area (Å²) < 4.78 is 5.26. The van der Waals surface area contributed by atoms with E-state index in [1.165, 1.54) is 18.4 Å². The predicted molar refractivity (Wildman–Crippen MR) is 94.5 cm³/mol. The van der Waals surface area contributed by atoms with Crippen LogP contribution >= 0.6 is 0 Å². The predicted octanol–water partition coefficient (Wildman–Crippen LogP) is 2.17. The van der Waals surface area contributed by atoms with Crippen molar-refractivity contribution in [1.82, 2.24) is 15.2 Å². The Labute approximate surface area is 148 Å². The van der Waals surface area contributed by atoms with Crippen molar-refractivity contribution in [2.75, 3.05) is 32.8 Å². The average molecular weight is 343 g/mol. The first-order valence-electron chi connectivity index (χ1n) is 9.04. The van der Waals surface area contributed by atoms with Crippen LogP contribution in [-0.4, -0.2) is 54.5 Å². The molecule has 1 aromatic heterocycles. The fraction of sp³-hybridized carbons (Fsp3) is 0.526. The number of nitrogens with zero attached hydrogens (tertiary/aromatic N) is 2. The molecule has 6 heteroatoms. The molecule has 0 radical (unpaired) electrons. The zero-order chi connectivity index (χ0) is 17.5. The minimum absolute atomic E-state index is 0.148. The molecule has 3 rings (SSSR count). The van der Waals surface area contributed by atoms with Crippen LogP contribution in [0.5, 0.6) is 0 Å². The van der Waals surface area contributed by atoms with E-state index in [0.717, 1.165) is 19.3 Å². The van der Waals surface area contributed by atoms with Gasteiger partial charge in [0.25, 0.3) is 11.8 Å². The Bertz CT molecular complexity index is 651. The molecule has 2 aliphatic rings. The van der Waals surface area contributed by atoms with Gasteiger partial charge in [0.05, 0.1) is 13.2 Å². The molecule has 0 aromatic carbocycles. The van der Waals surface area contributed by atoms with Crippen molar-refractivity contribution in [3.8, 4) is 0 Å². The number of morpholine rings is 1. The molecule has 134 valence electrons.